The lowest BCUT2D eigenvalue weighted by atomic mass is 9.76. The summed E-state index contributed by atoms with van der Waals surface area (Å²) in [5.74, 6) is 0.548. The Hall–Kier alpha value is -4.31. The molecular formula is C34H34N4. The molecule has 190 valence electrons. The van der Waals surface area contributed by atoms with Gasteiger partial charge in [0.15, 0.2) is 0 Å². The highest BCUT2D eigenvalue weighted by Gasteiger charge is 2.49. The summed E-state index contributed by atoms with van der Waals surface area (Å²) in [6.45, 7) is 8.13. The van der Waals surface area contributed by atoms with E-state index in [2.05, 4.69) is 92.5 Å². The van der Waals surface area contributed by atoms with E-state index in [0.29, 0.717) is 5.92 Å². The number of aryl methyl sites for hydroxylation is 1. The monoisotopic (exact) mass is 498 g/mol. The van der Waals surface area contributed by atoms with Crippen LogP contribution in [0.4, 0.5) is 17.1 Å². The largest absolute Gasteiger partial charge is 0.402 e. The van der Waals surface area contributed by atoms with E-state index in [4.69, 9.17) is 16.5 Å². The van der Waals surface area contributed by atoms with Crippen LogP contribution >= 0.6 is 0 Å². The van der Waals surface area contributed by atoms with Gasteiger partial charge >= 0.3 is 0 Å². The second-order valence-corrected chi connectivity index (χ2v) is 10.8. The smallest absolute Gasteiger partial charge is 0.0900 e. The Balaban J connectivity index is 1.64. The van der Waals surface area contributed by atoms with Crippen molar-refractivity contribution in [2.45, 2.75) is 38.1 Å². The minimum Gasteiger partial charge on any atom is -0.402 e. The van der Waals surface area contributed by atoms with E-state index in [-0.39, 0.29) is 5.92 Å². The Morgan fingerprint density at radius 2 is 1.74 bits per heavy atom. The van der Waals surface area contributed by atoms with Crippen molar-refractivity contribution in [3.63, 3.8) is 0 Å². The molecule has 0 aliphatic heterocycles. The van der Waals surface area contributed by atoms with Crippen LogP contribution in [-0.2, 0) is 5.54 Å². The van der Waals surface area contributed by atoms with E-state index >= 15 is 0 Å². The highest BCUT2D eigenvalue weighted by molar-refractivity contribution is 6.20. The number of aliphatic imine (C=N–C) groups is 1. The second-order valence-electron chi connectivity index (χ2n) is 10.8. The number of benzene rings is 4. The van der Waals surface area contributed by atoms with E-state index in [9.17, 15) is 0 Å². The molecule has 2 aliphatic carbocycles. The molecule has 0 saturated carbocycles. The van der Waals surface area contributed by atoms with Crippen molar-refractivity contribution in [1.82, 2.24) is 0 Å². The lowest BCUT2D eigenvalue weighted by molar-refractivity contribution is 0.330. The van der Waals surface area contributed by atoms with Crippen molar-refractivity contribution in [2.75, 3.05) is 11.1 Å². The van der Waals surface area contributed by atoms with Crippen molar-refractivity contribution in [3.8, 4) is 0 Å². The van der Waals surface area contributed by atoms with Gasteiger partial charge in [0.1, 0.15) is 0 Å². The molecule has 0 spiro atoms. The van der Waals surface area contributed by atoms with E-state index < -0.39 is 5.54 Å². The quantitative estimate of drug-likeness (QED) is 0.0857. The van der Waals surface area contributed by atoms with Crippen LogP contribution in [0.1, 0.15) is 42.4 Å². The zero-order valence-electron chi connectivity index (χ0n) is 22.0. The summed E-state index contributed by atoms with van der Waals surface area (Å²) in [5, 5.41) is 8.11. The van der Waals surface area contributed by atoms with Crippen LogP contribution in [-0.4, -0.2) is 6.21 Å². The first-order valence-corrected chi connectivity index (χ1v) is 13.3. The second kappa shape index (κ2) is 9.21. The molecule has 0 saturated heterocycles. The number of rotatable bonds is 5. The number of fused-ring (bicyclic) bond motifs is 5. The van der Waals surface area contributed by atoms with E-state index in [1.807, 2.05) is 18.4 Å². The lowest BCUT2D eigenvalue weighted by Crippen LogP contribution is -2.29. The van der Waals surface area contributed by atoms with Gasteiger partial charge in [-0.15, -0.1) is 0 Å². The molecule has 3 unspecified atom stereocenters. The zero-order valence-corrected chi connectivity index (χ0v) is 22.0. The van der Waals surface area contributed by atoms with Gasteiger partial charge in [0, 0.05) is 50.7 Å². The fraction of sp³-hybridized carbons (Fsp3) is 0.206. The highest BCUT2D eigenvalue weighted by atomic mass is 14.9. The Morgan fingerprint density at radius 1 is 0.974 bits per heavy atom. The molecule has 4 heteroatoms. The Bertz CT molecular complexity index is 1660. The number of nitrogen functional groups attached to an aromatic ring is 1. The third-order valence-corrected chi connectivity index (χ3v) is 8.40. The van der Waals surface area contributed by atoms with Crippen LogP contribution < -0.4 is 16.8 Å². The van der Waals surface area contributed by atoms with E-state index in [1.54, 1.807) is 6.08 Å². The van der Waals surface area contributed by atoms with Crippen molar-refractivity contribution < 1.29 is 0 Å². The van der Waals surface area contributed by atoms with Crippen LogP contribution in [0.15, 0.2) is 102 Å². The van der Waals surface area contributed by atoms with Gasteiger partial charge in [-0.1, -0.05) is 66.8 Å². The van der Waals surface area contributed by atoms with Crippen LogP contribution in [0.3, 0.4) is 0 Å². The number of allylic oxidation sites excluding steroid dienone is 4. The van der Waals surface area contributed by atoms with Gasteiger partial charge in [0.2, 0.25) is 0 Å². The molecule has 6 rings (SSSR count). The number of hydrogen-bond acceptors (Lipinski definition) is 4. The number of nitrogens with zero attached hydrogens (tertiary/aromatic N) is 1. The van der Waals surface area contributed by atoms with Gasteiger partial charge in [-0.3, -0.25) is 4.99 Å². The van der Waals surface area contributed by atoms with Crippen LogP contribution in [0.5, 0.6) is 0 Å². The fourth-order valence-corrected chi connectivity index (χ4v) is 6.43. The maximum absolute atomic E-state index is 6.89. The van der Waals surface area contributed by atoms with E-state index in [0.717, 1.165) is 57.1 Å². The fourth-order valence-electron chi connectivity index (χ4n) is 6.43. The third-order valence-electron chi connectivity index (χ3n) is 8.40. The zero-order chi connectivity index (χ0) is 26.4. The van der Waals surface area contributed by atoms with Gasteiger partial charge in [-0.05, 0) is 74.1 Å². The first-order valence-electron chi connectivity index (χ1n) is 13.3. The molecular weight excluding hydrogens is 464 g/mol. The summed E-state index contributed by atoms with van der Waals surface area (Å²) in [5.41, 5.74) is 20.5. The molecule has 4 aromatic carbocycles. The summed E-state index contributed by atoms with van der Waals surface area (Å²) in [7, 11) is 0. The standard InChI is InChI=1S/C34H34N4/c1-4-5-8-17-37-34(3)30-18-22(35)13-16-24(30)27-19-28-29(20-31(27)34)33(38-23-14-11-21(2)12-15-23)26-10-7-6-9-25(26)32(28)36/h4-12,14-15,17-20,24,30,38H,1,13,16,35-36H2,2-3H3/b8-5-,37-17+. The molecule has 38 heavy (non-hydrogen) atoms. The first kappa shape index (κ1) is 24.1. The molecule has 3 atom stereocenters. The number of hydrogen-bond donors (Lipinski definition) is 3. The van der Waals surface area contributed by atoms with Gasteiger partial charge in [-0.25, -0.2) is 0 Å². The summed E-state index contributed by atoms with van der Waals surface area (Å²) in [6, 6.07) is 21.6. The predicted octanol–water partition coefficient (Wildman–Crippen LogP) is 8.01. The molecule has 0 aromatic heterocycles. The summed E-state index contributed by atoms with van der Waals surface area (Å²) in [4.78, 5) is 5.16. The minimum absolute atomic E-state index is 0.195. The van der Waals surface area contributed by atoms with Gasteiger partial charge < -0.3 is 16.8 Å². The molecule has 4 aromatic rings. The molecule has 0 bridgehead atoms. The average Bonchev–Trinajstić information content (AvgIpc) is 3.16. The normalized spacial score (nSPS) is 22.6. The average molecular weight is 499 g/mol. The predicted molar refractivity (Wildman–Crippen MR) is 163 cm³/mol. The molecule has 0 heterocycles. The van der Waals surface area contributed by atoms with Crippen LogP contribution in [0.2, 0.25) is 0 Å². The Morgan fingerprint density at radius 3 is 2.50 bits per heavy atom. The van der Waals surface area contributed by atoms with Crippen LogP contribution in [0.25, 0.3) is 21.5 Å². The lowest BCUT2D eigenvalue weighted by Gasteiger charge is -2.32. The SMILES string of the molecule is C=C/C=C\C=N\C1(C)c2cc3c(Nc4ccc(C)cc4)c4ccccc4c(N)c3cc2C2CCC(N)=CC21. The van der Waals surface area contributed by atoms with Gasteiger partial charge in [0.05, 0.1) is 11.2 Å². The highest BCUT2D eigenvalue weighted by Crippen LogP contribution is 2.57. The van der Waals surface area contributed by atoms with Gasteiger partial charge in [-0.2, -0.15) is 0 Å². The number of nitrogens with two attached hydrogens (primary N) is 2. The maximum atomic E-state index is 6.89. The summed E-state index contributed by atoms with van der Waals surface area (Å²) < 4.78 is 0. The van der Waals surface area contributed by atoms with Crippen molar-refractivity contribution >= 4 is 44.8 Å². The van der Waals surface area contributed by atoms with Gasteiger partial charge in [0.25, 0.3) is 0 Å². The number of nitrogens with one attached hydrogen (secondary N) is 1. The Labute approximate surface area is 224 Å². The van der Waals surface area contributed by atoms with E-state index in [1.165, 1.54) is 16.7 Å². The molecule has 0 fully saturated rings. The third kappa shape index (κ3) is 3.79. The molecule has 5 N–H and O–H groups in total. The van der Waals surface area contributed by atoms with Crippen molar-refractivity contribution in [1.29, 1.82) is 0 Å². The first-order chi connectivity index (χ1) is 18.4. The summed E-state index contributed by atoms with van der Waals surface area (Å²) >= 11 is 0. The van der Waals surface area contributed by atoms with Crippen LogP contribution in [0, 0.1) is 12.8 Å². The molecule has 0 radical (unpaired) electrons. The van der Waals surface area contributed by atoms with Crippen molar-refractivity contribution in [3.05, 3.63) is 114 Å². The van der Waals surface area contributed by atoms with Crippen molar-refractivity contribution in [2.24, 2.45) is 16.6 Å². The molecule has 4 nitrogen and oxygen atoms in total. The summed E-state index contributed by atoms with van der Waals surface area (Å²) in [6.07, 6.45) is 11.7. The number of anilines is 3. The topological polar surface area (TPSA) is 76.4 Å². The Kier molecular flexibility index (Phi) is 5.83. The maximum Gasteiger partial charge on any atom is 0.0900 e. The molecule has 0 amide bonds. The minimum atomic E-state index is -0.438. The molecule has 2 aliphatic rings.